The van der Waals surface area contributed by atoms with Crippen LogP contribution in [0.25, 0.3) is 0 Å². The Labute approximate surface area is 68.6 Å². The topological polar surface area (TPSA) is 41.1 Å². The van der Waals surface area contributed by atoms with E-state index in [1.165, 1.54) is 0 Å². The number of rotatable bonds is 5. The number of carbonyl (C=O) groups is 1. The van der Waals surface area contributed by atoms with E-state index >= 15 is 0 Å². The van der Waals surface area contributed by atoms with E-state index in [-0.39, 0.29) is 11.9 Å². The van der Waals surface area contributed by atoms with E-state index in [4.69, 9.17) is 0 Å². The molecule has 0 aliphatic heterocycles. The van der Waals surface area contributed by atoms with Crippen LogP contribution in [0.3, 0.4) is 0 Å². The second-order valence-electron chi connectivity index (χ2n) is 2.78. The van der Waals surface area contributed by atoms with Crippen LogP contribution in [0.1, 0.15) is 26.7 Å². The van der Waals surface area contributed by atoms with E-state index < -0.39 is 0 Å². The van der Waals surface area contributed by atoms with Crippen LogP contribution < -0.4 is 10.6 Å². The van der Waals surface area contributed by atoms with Crippen molar-refractivity contribution in [3.63, 3.8) is 0 Å². The molecule has 1 unspecified atom stereocenters. The molecular weight excluding hydrogens is 140 g/mol. The maximum Gasteiger partial charge on any atom is 0.220 e. The van der Waals surface area contributed by atoms with Crippen LogP contribution in [0.4, 0.5) is 0 Å². The Morgan fingerprint density at radius 1 is 1.55 bits per heavy atom. The third-order valence-electron chi connectivity index (χ3n) is 1.39. The molecule has 11 heavy (non-hydrogen) atoms. The third kappa shape index (κ3) is 5.85. The van der Waals surface area contributed by atoms with Gasteiger partial charge in [-0.3, -0.25) is 4.79 Å². The van der Waals surface area contributed by atoms with E-state index in [1.54, 1.807) is 0 Å². The Kier molecular flexibility index (Phi) is 5.84. The average Bonchev–Trinajstić information content (AvgIpc) is 1.87. The van der Waals surface area contributed by atoms with Gasteiger partial charge in [-0.15, -0.1) is 0 Å². The average molecular weight is 158 g/mol. The summed E-state index contributed by atoms with van der Waals surface area (Å²) in [5.74, 6) is 0.148. The van der Waals surface area contributed by atoms with Crippen molar-refractivity contribution in [2.45, 2.75) is 32.7 Å². The summed E-state index contributed by atoms with van der Waals surface area (Å²) in [5.41, 5.74) is 0. The lowest BCUT2D eigenvalue weighted by Gasteiger charge is -2.12. The summed E-state index contributed by atoms with van der Waals surface area (Å²) in [5, 5.41) is 5.88. The summed E-state index contributed by atoms with van der Waals surface area (Å²) in [6.07, 6.45) is 1.55. The van der Waals surface area contributed by atoms with Gasteiger partial charge >= 0.3 is 0 Å². The molecule has 0 aromatic rings. The fraction of sp³-hybridized carbons (Fsp3) is 0.875. The molecule has 0 saturated heterocycles. The lowest BCUT2D eigenvalue weighted by molar-refractivity contribution is -0.121. The highest BCUT2D eigenvalue weighted by Crippen LogP contribution is 1.87. The minimum absolute atomic E-state index is 0.148. The Morgan fingerprint density at radius 3 is 2.64 bits per heavy atom. The summed E-state index contributed by atoms with van der Waals surface area (Å²) < 4.78 is 0. The van der Waals surface area contributed by atoms with Crippen molar-refractivity contribution in [3.05, 3.63) is 0 Å². The minimum atomic E-state index is 0.148. The van der Waals surface area contributed by atoms with Crippen LogP contribution in [-0.2, 0) is 4.79 Å². The van der Waals surface area contributed by atoms with E-state index in [1.807, 2.05) is 20.9 Å². The summed E-state index contributed by atoms with van der Waals surface area (Å²) in [6, 6.07) is 0.235. The smallest absolute Gasteiger partial charge is 0.220 e. The number of carbonyl (C=O) groups excluding carboxylic acids is 1. The van der Waals surface area contributed by atoms with Crippen molar-refractivity contribution in [1.29, 1.82) is 0 Å². The van der Waals surface area contributed by atoms with Crippen molar-refractivity contribution in [2.24, 2.45) is 0 Å². The molecule has 0 bridgehead atoms. The van der Waals surface area contributed by atoms with E-state index in [2.05, 4.69) is 10.6 Å². The first-order valence-corrected chi connectivity index (χ1v) is 4.14. The van der Waals surface area contributed by atoms with E-state index in [9.17, 15) is 4.79 Å². The zero-order valence-electron chi connectivity index (χ0n) is 7.61. The number of hydrogen-bond donors (Lipinski definition) is 2. The van der Waals surface area contributed by atoms with Gasteiger partial charge in [0.05, 0.1) is 0 Å². The van der Waals surface area contributed by atoms with Gasteiger partial charge in [-0.1, -0.05) is 6.92 Å². The van der Waals surface area contributed by atoms with Crippen LogP contribution in [0.15, 0.2) is 0 Å². The molecule has 3 nitrogen and oxygen atoms in total. The van der Waals surface area contributed by atoms with Gasteiger partial charge < -0.3 is 10.6 Å². The van der Waals surface area contributed by atoms with Crippen LogP contribution in [0, 0.1) is 0 Å². The zero-order valence-corrected chi connectivity index (χ0v) is 7.61. The maximum atomic E-state index is 11.0. The minimum Gasteiger partial charge on any atom is -0.352 e. The molecule has 0 aromatic carbocycles. The molecule has 0 radical (unpaired) electrons. The molecule has 0 aliphatic rings. The van der Waals surface area contributed by atoms with Gasteiger partial charge in [0.15, 0.2) is 0 Å². The number of hydrogen-bond acceptors (Lipinski definition) is 2. The van der Waals surface area contributed by atoms with Gasteiger partial charge in [0, 0.05) is 19.0 Å². The van der Waals surface area contributed by atoms with Gasteiger partial charge in [0.1, 0.15) is 0 Å². The van der Waals surface area contributed by atoms with Crippen LogP contribution in [0.2, 0.25) is 0 Å². The summed E-state index contributed by atoms with van der Waals surface area (Å²) in [7, 11) is 1.88. The first-order chi connectivity index (χ1) is 5.20. The van der Waals surface area contributed by atoms with Gasteiger partial charge in [-0.25, -0.2) is 0 Å². The Morgan fingerprint density at radius 2 is 2.18 bits per heavy atom. The van der Waals surface area contributed by atoms with Crippen molar-refractivity contribution in [2.75, 3.05) is 13.6 Å². The van der Waals surface area contributed by atoms with Gasteiger partial charge in [-0.2, -0.15) is 0 Å². The molecule has 0 fully saturated rings. The lowest BCUT2D eigenvalue weighted by atomic mass is 10.3. The van der Waals surface area contributed by atoms with E-state index in [0.717, 1.165) is 13.0 Å². The van der Waals surface area contributed by atoms with Crippen LogP contribution in [0.5, 0.6) is 0 Å². The molecule has 0 aromatic heterocycles. The number of nitrogens with one attached hydrogen (secondary N) is 2. The van der Waals surface area contributed by atoms with E-state index in [0.29, 0.717) is 6.42 Å². The second kappa shape index (κ2) is 6.16. The first-order valence-electron chi connectivity index (χ1n) is 4.14. The molecule has 0 aliphatic carbocycles. The van der Waals surface area contributed by atoms with Crippen LogP contribution >= 0.6 is 0 Å². The van der Waals surface area contributed by atoms with Crippen molar-refractivity contribution >= 4 is 5.91 Å². The fourth-order valence-electron chi connectivity index (χ4n) is 0.931. The van der Waals surface area contributed by atoms with Gasteiger partial charge in [-0.05, 0) is 20.4 Å². The molecule has 1 amide bonds. The van der Waals surface area contributed by atoms with Crippen LogP contribution in [-0.4, -0.2) is 25.5 Å². The zero-order chi connectivity index (χ0) is 8.69. The highest BCUT2D eigenvalue weighted by molar-refractivity contribution is 5.76. The highest BCUT2D eigenvalue weighted by atomic mass is 16.1. The number of amides is 1. The summed E-state index contributed by atoms with van der Waals surface area (Å²) in [6.45, 7) is 4.82. The Bertz CT molecular complexity index is 115. The highest BCUT2D eigenvalue weighted by Gasteiger charge is 2.03. The summed E-state index contributed by atoms with van der Waals surface area (Å²) >= 11 is 0. The normalized spacial score (nSPS) is 12.6. The maximum absolute atomic E-state index is 11.0. The Hall–Kier alpha value is -0.570. The predicted molar refractivity (Wildman–Crippen MR) is 46.4 cm³/mol. The number of likely N-dealkylation sites (N-methyl/N-ethyl adjacent to an activating group) is 1. The van der Waals surface area contributed by atoms with Crippen molar-refractivity contribution < 1.29 is 4.79 Å². The lowest BCUT2D eigenvalue weighted by Crippen LogP contribution is -2.38. The second-order valence-corrected chi connectivity index (χ2v) is 2.78. The van der Waals surface area contributed by atoms with Crippen molar-refractivity contribution in [3.8, 4) is 0 Å². The third-order valence-corrected chi connectivity index (χ3v) is 1.39. The molecule has 0 heterocycles. The largest absolute Gasteiger partial charge is 0.352 e. The molecule has 1 atom stereocenters. The van der Waals surface area contributed by atoms with Gasteiger partial charge in [0.2, 0.25) is 5.91 Å². The van der Waals surface area contributed by atoms with Gasteiger partial charge in [0.25, 0.3) is 0 Å². The fourth-order valence-corrected chi connectivity index (χ4v) is 0.931. The molecule has 0 spiro atoms. The molecule has 2 N–H and O–H groups in total. The van der Waals surface area contributed by atoms with Crippen molar-refractivity contribution in [1.82, 2.24) is 10.6 Å². The molecular formula is C8H18N2O. The standard InChI is InChI=1S/C8H18N2O/c1-4-5-8(11)10-7(2)6-9-3/h7,9H,4-6H2,1-3H3,(H,10,11). The SMILES string of the molecule is CCCC(=O)NC(C)CNC. The first kappa shape index (κ1) is 10.4. The summed E-state index contributed by atoms with van der Waals surface area (Å²) in [4.78, 5) is 11.0. The molecule has 0 rings (SSSR count). The molecule has 3 heteroatoms. The quantitative estimate of drug-likeness (QED) is 0.612. The predicted octanol–water partition coefficient (Wildman–Crippen LogP) is 0.511. The Balaban J connectivity index is 3.40. The molecule has 0 saturated carbocycles. The monoisotopic (exact) mass is 158 g/mol. The molecule has 66 valence electrons.